The summed E-state index contributed by atoms with van der Waals surface area (Å²) in [4.78, 5) is 5.05. The molecule has 126 valence electrons. The number of allylic oxidation sites excluding steroid dienone is 1. The van der Waals surface area contributed by atoms with Crippen molar-refractivity contribution >= 4 is 17.1 Å². The third-order valence-electron chi connectivity index (χ3n) is 5.00. The minimum atomic E-state index is 0.946. The number of hydrogen-bond acceptors (Lipinski definition) is 2. The molecule has 0 N–H and O–H groups in total. The van der Waals surface area contributed by atoms with Gasteiger partial charge in [-0.15, -0.1) is 0 Å². The number of pyridine rings is 1. The van der Waals surface area contributed by atoms with Crippen LogP contribution in [0.1, 0.15) is 23.4 Å². The van der Waals surface area contributed by atoms with Gasteiger partial charge in [-0.1, -0.05) is 60.7 Å². The molecule has 2 heterocycles. The fraction of sp³-hybridized carbons (Fsp3) is 0.130. The Balaban J connectivity index is 1.91. The molecular formula is C23H19N3. The van der Waals surface area contributed by atoms with E-state index in [1.807, 2.05) is 22.9 Å². The number of nitrogens with zero attached hydrogens (tertiary/aromatic N) is 3. The van der Waals surface area contributed by atoms with Crippen LogP contribution >= 0.6 is 0 Å². The van der Waals surface area contributed by atoms with Gasteiger partial charge in [0, 0.05) is 11.1 Å². The van der Waals surface area contributed by atoms with E-state index >= 15 is 0 Å². The van der Waals surface area contributed by atoms with Gasteiger partial charge in [-0.2, -0.15) is 5.10 Å². The predicted molar refractivity (Wildman–Crippen MR) is 106 cm³/mol. The number of fused-ring (bicyclic) bond motifs is 2. The van der Waals surface area contributed by atoms with Gasteiger partial charge in [-0.25, -0.2) is 9.67 Å². The number of para-hydroxylation sites is 1. The van der Waals surface area contributed by atoms with Gasteiger partial charge in [0.15, 0.2) is 5.65 Å². The quantitative estimate of drug-likeness (QED) is 0.493. The third-order valence-corrected chi connectivity index (χ3v) is 5.00. The zero-order valence-electron chi connectivity index (χ0n) is 14.7. The zero-order valence-corrected chi connectivity index (χ0v) is 14.7. The van der Waals surface area contributed by atoms with Gasteiger partial charge in [-0.05, 0) is 37.5 Å². The lowest BCUT2D eigenvalue weighted by atomic mass is 9.91. The van der Waals surface area contributed by atoms with Crippen LogP contribution in [0.4, 0.5) is 0 Å². The summed E-state index contributed by atoms with van der Waals surface area (Å²) < 4.78 is 1.98. The van der Waals surface area contributed by atoms with E-state index in [0.29, 0.717) is 0 Å². The summed E-state index contributed by atoms with van der Waals surface area (Å²) in [7, 11) is 0. The Morgan fingerprint density at radius 3 is 2.42 bits per heavy atom. The molecule has 26 heavy (non-hydrogen) atoms. The van der Waals surface area contributed by atoms with Gasteiger partial charge < -0.3 is 0 Å². The molecule has 1 aliphatic rings. The van der Waals surface area contributed by atoms with Crippen molar-refractivity contribution in [1.29, 1.82) is 0 Å². The van der Waals surface area contributed by atoms with Crippen molar-refractivity contribution in [1.82, 2.24) is 14.8 Å². The van der Waals surface area contributed by atoms with Crippen LogP contribution in [0.25, 0.3) is 33.9 Å². The van der Waals surface area contributed by atoms with Crippen LogP contribution in [0.5, 0.6) is 0 Å². The van der Waals surface area contributed by atoms with E-state index < -0.39 is 0 Å². The molecule has 0 amide bonds. The van der Waals surface area contributed by atoms with Gasteiger partial charge in [0.2, 0.25) is 0 Å². The summed E-state index contributed by atoms with van der Waals surface area (Å²) >= 11 is 0. The van der Waals surface area contributed by atoms with Crippen LogP contribution in [-0.4, -0.2) is 14.8 Å². The fourth-order valence-electron chi connectivity index (χ4n) is 3.82. The molecule has 3 nitrogen and oxygen atoms in total. The average molecular weight is 337 g/mol. The Bertz CT molecular complexity index is 1120. The third kappa shape index (κ3) is 2.28. The van der Waals surface area contributed by atoms with Crippen LogP contribution in [0.15, 0.2) is 66.7 Å². The Morgan fingerprint density at radius 1 is 0.923 bits per heavy atom. The fourth-order valence-corrected chi connectivity index (χ4v) is 3.82. The molecule has 4 aromatic rings. The van der Waals surface area contributed by atoms with Gasteiger partial charge in [0.05, 0.1) is 22.5 Å². The molecule has 5 rings (SSSR count). The summed E-state index contributed by atoms with van der Waals surface area (Å²) in [6.45, 7) is 2.08. The van der Waals surface area contributed by atoms with Crippen molar-refractivity contribution in [2.45, 2.75) is 19.8 Å². The highest BCUT2D eigenvalue weighted by molar-refractivity contribution is 6.00. The second-order valence-electron chi connectivity index (χ2n) is 6.69. The first kappa shape index (κ1) is 15.1. The van der Waals surface area contributed by atoms with E-state index in [1.54, 1.807) is 0 Å². The predicted octanol–water partition coefficient (Wildman–Crippen LogP) is 5.36. The molecule has 0 bridgehead atoms. The van der Waals surface area contributed by atoms with Crippen LogP contribution in [0.2, 0.25) is 0 Å². The van der Waals surface area contributed by atoms with Gasteiger partial charge in [0.25, 0.3) is 0 Å². The minimum Gasteiger partial charge on any atom is -0.232 e. The van der Waals surface area contributed by atoms with Gasteiger partial charge >= 0.3 is 0 Å². The number of aromatic nitrogens is 3. The van der Waals surface area contributed by atoms with Crippen molar-refractivity contribution in [2.24, 2.45) is 0 Å². The highest BCUT2D eigenvalue weighted by Gasteiger charge is 2.22. The Labute approximate surface area is 152 Å². The molecule has 0 atom stereocenters. The summed E-state index contributed by atoms with van der Waals surface area (Å²) in [5.41, 5.74) is 7.88. The molecule has 0 spiro atoms. The van der Waals surface area contributed by atoms with E-state index in [9.17, 15) is 0 Å². The second-order valence-corrected chi connectivity index (χ2v) is 6.69. The molecule has 1 aliphatic carbocycles. The lowest BCUT2D eigenvalue weighted by molar-refractivity contribution is 0.864. The highest BCUT2D eigenvalue weighted by atomic mass is 15.3. The number of aryl methyl sites for hydroxylation is 2. The molecule has 0 saturated carbocycles. The molecule has 0 radical (unpaired) electrons. The smallest absolute Gasteiger partial charge is 0.164 e. The Kier molecular flexibility index (Phi) is 3.45. The van der Waals surface area contributed by atoms with Crippen LogP contribution in [0.3, 0.4) is 0 Å². The standard InChI is InChI=1S/C23H19N3/c1-16-21-22(17-10-4-2-5-11-17)19-14-8-9-15-20(19)24-23(21)26(25-16)18-12-6-3-7-13-18/h2-8,10-14H,9,15H2,1H3. The van der Waals surface area contributed by atoms with E-state index in [2.05, 4.69) is 61.5 Å². The monoisotopic (exact) mass is 337 g/mol. The van der Waals surface area contributed by atoms with Gasteiger partial charge in [0.1, 0.15) is 0 Å². The number of hydrogen-bond donors (Lipinski definition) is 0. The second kappa shape index (κ2) is 5.95. The normalized spacial score (nSPS) is 13.1. The van der Waals surface area contributed by atoms with Crippen molar-refractivity contribution in [3.05, 3.63) is 83.7 Å². The number of benzene rings is 2. The first-order valence-corrected chi connectivity index (χ1v) is 9.02. The summed E-state index contributed by atoms with van der Waals surface area (Å²) in [5.74, 6) is 0. The average Bonchev–Trinajstić information content (AvgIpc) is 3.04. The summed E-state index contributed by atoms with van der Waals surface area (Å²) in [5, 5.41) is 5.99. The summed E-state index contributed by atoms with van der Waals surface area (Å²) in [6, 6.07) is 20.9. The molecule has 0 unspecified atom stereocenters. The molecule has 0 fully saturated rings. The molecule has 2 aromatic heterocycles. The first-order valence-electron chi connectivity index (χ1n) is 9.02. The lowest BCUT2D eigenvalue weighted by Crippen LogP contribution is -2.04. The molecule has 3 heteroatoms. The van der Waals surface area contributed by atoms with Crippen molar-refractivity contribution in [3.8, 4) is 16.8 Å². The van der Waals surface area contributed by atoms with E-state index in [4.69, 9.17) is 10.1 Å². The van der Waals surface area contributed by atoms with Gasteiger partial charge in [-0.3, -0.25) is 0 Å². The topological polar surface area (TPSA) is 30.7 Å². The van der Waals surface area contributed by atoms with Crippen molar-refractivity contribution in [2.75, 3.05) is 0 Å². The largest absolute Gasteiger partial charge is 0.232 e. The van der Waals surface area contributed by atoms with Crippen molar-refractivity contribution < 1.29 is 0 Å². The Hall–Kier alpha value is -3.20. The zero-order chi connectivity index (χ0) is 17.5. The van der Waals surface area contributed by atoms with E-state index in [-0.39, 0.29) is 0 Å². The lowest BCUT2D eigenvalue weighted by Gasteiger charge is -2.16. The Morgan fingerprint density at radius 2 is 1.65 bits per heavy atom. The molecule has 0 saturated heterocycles. The van der Waals surface area contributed by atoms with E-state index in [1.165, 1.54) is 16.7 Å². The highest BCUT2D eigenvalue weighted by Crippen LogP contribution is 2.38. The molecule has 2 aromatic carbocycles. The minimum absolute atomic E-state index is 0.946. The first-order chi connectivity index (χ1) is 12.8. The maximum absolute atomic E-state index is 5.05. The number of rotatable bonds is 2. The maximum Gasteiger partial charge on any atom is 0.164 e. The van der Waals surface area contributed by atoms with Crippen LogP contribution in [0, 0.1) is 6.92 Å². The van der Waals surface area contributed by atoms with Crippen LogP contribution < -0.4 is 0 Å². The SMILES string of the molecule is Cc1nn(-c2ccccc2)c2nc3c(c(-c4ccccc4)c12)C=CCC3. The summed E-state index contributed by atoms with van der Waals surface area (Å²) in [6.07, 6.45) is 6.49. The van der Waals surface area contributed by atoms with E-state index in [0.717, 1.165) is 41.0 Å². The maximum atomic E-state index is 5.05. The van der Waals surface area contributed by atoms with Crippen molar-refractivity contribution in [3.63, 3.8) is 0 Å². The molecule has 0 aliphatic heterocycles. The van der Waals surface area contributed by atoms with Crippen LogP contribution in [-0.2, 0) is 6.42 Å². The molecular weight excluding hydrogens is 318 g/mol.